The lowest BCUT2D eigenvalue weighted by atomic mass is 10.1. The Hall–Kier alpha value is -2.57. The lowest BCUT2D eigenvalue weighted by Gasteiger charge is -2.20. The van der Waals surface area contributed by atoms with Crippen molar-refractivity contribution in [2.45, 2.75) is 39.7 Å². The van der Waals surface area contributed by atoms with Crippen LogP contribution in [0.5, 0.6) is 0 Å². The summed E-state index contributed by atoms with van der Waals surface area (Å²) in [6, 6.07) is 7.61. The number of benzene rings is 1. The van der Waals surface area contributed by atoms with Crippen LogP contribution in [-0.2, 0) is 11.2 Å². The number of amides is 2. The molecule has 0 unspecified atom stereocenters. The molecule has 0 atom stereocenters. The van der Waals surface area contributed by atoms with Crippen molar-refractivity contribution in [1.82, 2.24) is 20.9 Å². The van der Waals surface area contributed by atoms with Crippen LogP contribution in [0.4, 0.5) is 0 Å². The van der Waals surface area contributed by atoms with Crippen molar-refractivity contribution in [3.8, 4) is 0 Å². The second kappa shape index (κ2) is 10.5. The zero-order valence-electron chi connectivity index (χ0n) is 17.3. The molecule has 27 heavy (non-hydrogen) atoms. The number of aliphatic imine (C=N–C) groups is 1. The number of carbonyl (C=O) groups is 2. The zero-order chi connectivity index (χ0) is 20.4. The fourth-order valence-electron chi connectivity index (χ4n) is 2.39. The van der Waals surface area contributed by atoms with Gasteiger partial charge in [-0.25, -0.2) is 4.99 Å². The summed E-state index contributed by atoms with van der Waals surface area (Å²) >= 11 is 0. The van der Waals surface area contributed by atoms with E-state index >= 15 is 0 Å². The van der Waals surface area contributed by atoms with Crippen molar-refractivity contribution in [2.24, 2.45) is 4.99 Å². The third kappa shape index (κ3) is 9.08. The predicted molar refractivity (Wildman–Crippen MR) is 110 cm³/mol. The van der Waals surface area contributed by atoms with E-state index in [-0.39, 0.29) is 23.9 Å². The average molecular weight is 376 g/mol. The molecule has 0 aliphatic heterocycles. The average Bonchev–Trinajstić information content (AvgIpc) is 2.57. The van der Waals surface area contributed by atoms with Crippen molar-refractivity contribution in [3.05, 3.63) is 35.4 Å². The molecule has 1 aromatic carbocycles. The Morgan fingerprint density at radius 1 is 1.15 bits per heavy atom. The smallest absolute Gasteiger partial charge is 0.253 e. The number of hydrogen-bond donors (Lipinski definition) is 3. The number of rotatable bonds is 7. The van der Waals surface area contributed by atoms with E-state index in [9.17, 15) is 9.59 Å². The Kier molecular flexibility index (Phi) is 8.78. The molecule has 0 saturated heterocycles. The number of carbonyl (C=O) groups excluding carboxylic acids is 2. The molecule has 1 rings (SSSR count). The maximum absolute atomic E-state index is 12.1. The van der Waals surface area contributed by atoms with Gasteiger partial charge in [0.15, 0.2) is 5.96 Å². The monoisotopic (exact) mass is 375 g/mol. The molecule has 0 spiro atoms. The number of hydrogen-bond acceptors (Lipinski definition) is 3. The van der Waals surface area contributed by atoms with Gasteiger partial charge in [0.2, 0.25) is 5.91 Å². The second-order valence-electron chi connectivity index (χ2n) is 7.57. The molecule has 0 aromatic heterocycles. The maximum Gasteiger partial charge on any atom is 0.253 e. The molecule has 150 valence electrons. The van der Waals surface area contributed by atoms with Crippen molar-refractivity contribution in [3.63, 3.8) is 0 Å². The van der Waals surface area contributed by atoms with Gasteiger partial charge >= 0.3 is 0 Å². The predicted octanol–water partition coefficient (Wildman–Crippen LogP) is 1.40. The molecule has 7 heteroatoms. The fraction of sp³-hybridized carbons (Fsp3) is 0.550. The summed E-state index contributed by atoms with van der Waals surface area (Å²) in [5, 5.41) is 9.24. The van der Waals surface area contributed by atoms with Crippen LogP contribution in [0.15, 0.2) is 29.3 Å². The van der Waals surface area contributed by atoms with Crippen LogP contribution in [0.2, 0.25) is 0 Å². The van der Waals surface area contributed by atoms with Gasteiger partial charge in [0.05, 0.1) is 0 Å². The molecule has 7 nitrogen and oxygen atoms in total. The molecular formula is C20H33N5O2. The van der Waals surface area contributed by atoms with Gasteiger partial charge in [0, 0.05) is 38.3 Å². The van der Waals surface area contributed by atoms with E-state index in [1.807, 2.05) is 52.0 Å². The molecule has 0 aliphatic rings. The minimum atomic E-state index is -0.270. The summed E-state index contributed by atoms with van der Waals surface area (Å²) in [7, 11) is 3.48. The van der Waals surface area contributed by atoms with Crippen molar-refractivity contribution in [2.75, 3.05) is 33.7 Å². The van der Waals surface area contributed by atoms with Crippen LogP contribution in [0.1, 0.15) is 43.6 Å². The summed E-state index contributed by atoms with van der Waals surface area (Å²) in [4.78, 5) is 29.8. The zero-order valence-corrected chi connectivity index (χ0v) is 17.3. The first kappa shape index (κ1) is 22.5. The first-order valence-electron chi connectivity index (χ1n) is 9.26. The first-order valence-corrected chi connectivity index (χ1v) is 9.26. The third-order valence-electron chi connectivity index (χ3n) is 3.53. The highest BCUT2D eigenvalue weighted by Crippen LogP contribution is 2.07. The van der Waals surface area contributed by atoms with Gasteiger partial charge < -0.3 is 20.9 Å². The Bertz CT molecular complexity index is 663. The Labute approximate surface area is 162 Å². The van der Waals surface area contributed by atoms with Crippen molar-refractivity contribution in [1.29, 1.82) is 0 Å². The Balaban J connectivity index is 2.60. The van der Waals surface area contributed by atoms with Gasteiger partial charge in [-0.05, 0) is 51.8 Å². The van der Waals surface area contributed by atoms with Crippen LogP contribution < -0.4 is 16.0 Å². The maximum atomic E-state index is 12.1. The topological polar surface area (TPSA) is 85.8 Å². The van der Waals surface area contributed by atoms with E-state index < -0.39 is 0 Å². The summed E-state index contributed by atoms with van der Waals surface area (Å²) in [5.41, 5.74) is 1.47. The van der Waals surface area contributed by atoms with E-state index in [1.54, 1.807) is 19.0 Å². The summed E-state index contributed by atoms with van der Waals surface area (Å²) < 4.78 is 0. The molecule has 0 radical (unpaired) electrons. The van der Waals surface area contributed by atoms with Gasteiger partial charge in [-0.3, -0.25) is 9.59 Å². The van der Waals surface area contributed by atoms with Crippen LogP contribution in [-0.4, -0.2) is 61.9 Å². The highest BCUT2D eigenvalue weighted by atomic mass is 16.2. The Morgan fingerprint density at radius 3 is 2.44 bits per heavy atom. The highest BCUT2D eigenvalue weighted by Gasteiger charge is 2.13. The SMILES string of the molecule is CCNC(=NCC(=O)NC(C)(C)C)NCCc1cccc(C(=O)N(C)C)c1. The van der Waals surface area contributed by atoms with E-state index in [0.29, 0.717) is 24.6 Å². The summed E-state index contributed by atoms with van der Waals surface area (Å²) in [6.45, 7) is 9.21. The summed E-state index contributed by atoms with van der Waals surface area (Å²) in [6.07, 6.45) is 0.743. The minimum absolute atomic E-state index is 0.00966. The van der Waals surface area contributed by atoms with Gasteiger partial charge in [0.25, 0.3) is 5.91 Å². The quantitative estimate of drug-likeness (QED) is 0.497. The van der Waals surface area contributed by atoms with E-state index in [0.717, 1.165) is 12.0 Å². The van der Waals surface area contributed by atoms with Crippen LogP contribution >= 0.6 is 0 Å². The van der Waals surface area contributed by atoms with Gasteiger partial charge in [-0.2, -0.15) is 0 Å². The van der Waals surface area contributed by atoms with E-state index in [2.05, 4.69) is 20.9 Å². The summed E-state index contributed by atoms with van der Waals surface area (Å²) in [5.74, 6) is 0.473. The number of nitrogens with zero attached hydrogens (tertiary/aromatic N) is 2. The normalized spacial score (nSPS) is 11.7. The van der Waals surface area contributed by atoms with Gasteiger partial charge in [-0.15, -0.1) is 0 Å². The molecular weight excluding hydrogens is 342 g/mol. The molecule has 0 heterocycles. The molecule has 3 N–H and O–H groups in total. The lowest BCUT2D eigenvalue weighted by Crippen LogP contribution is -2.43. The van der Waals surface area contributed by atoms with Crippen LogP contribution in [0.3, 0.4) is 0 Å². The van der Waals surface area contributed by atoms with E-state index in [1.165, 1.54) is 0 Å². The minimum Gasteiger partial charge on any atom is -0.357 e. The molecule has 0 aliphatic carbocycles. The first-order chi connectivity index (χ1) is 12.6. The molecule has 0 fully saturated rings. The molecule has 1 aromatic rings. The lowest BCUT2D eigenvalue weighted by molar-refractivity contribution is -0.121. The largest absolute Gasteiger partial charge is 0.357 e. The van der Waals surface area contributed by atoms with Crippen molar-refractivity contribution >= 4 is 17.8 Å². The third-order valence-corrected chi connectivity index (χ3v) is 3.53. The standard InChI is InChI=1S/C20H33N5O2/c1-7-21-19(23-14-17(26)24-20(2,3)4)22-12-11-15-9-8-10-16(13-15)18(27)25(5)6/h8-10,13H,7,11-12,14H2,1-6H3,(H,24,26)(H2,21,22,23). The fourth-order valence-corrected chi connectivity index (χ4v) is 2.39. The van der Waals surface area contributed by atoms with Crippen molar-refractivity contribution < 1.29 is 9.59 Å². The van der Waals surface area contributed by atoms with Gasteiger partial charge in [-0.1, -0.05) is 12.1 Å². The van der Waals surface area contributed by atoms with Crippen LogP contribution in [0.25, 0.3) is 0 Å². The second-order valence-corrected chi connectivity index (χ2v) is 7.57. The van der Waals surface area contributed by atoms with Crippen LogP contribution in [0, 0.1) is 0 Å². The molecule has 0 bridgehead atoms. The highest BCUT2D eigenvalue weighted by molar-refractivity contribution is 5.94. The van der Waals surface area contributed by atoms with E-state index in [4.69, 9.17) is 0 Å². The number of guanidine groups is 1. The number of nitrogens with one attached hydrogen (secondary N) is 3. The molecule has 0 saturated carbocycles. The Morgan fingerprint density at radius 2 is 1.85 bits per heavy atom. The van der Waals surface area contributed by atoms with Gasteiger partial charge in [0.1, 0.15) is 6.54 Å². The molecule has 2 amide bonds.